The van der Waals surface area contributed by atoms with Crippen LogP contribution in [0.2, 0.25) is 0 Å². The van der Waals surface area contributed by atoms with Crippen LogP contribution in [0.25, 0.3) is 10.8 Å². The van der Waals surface area contributed by atoms with Crippen LogP contribution in [-0.4, -0.2) is 40.0 Å². The van der Waals surface area contributed by atoms with Crippen molar-refractivity contribution in [2.24, 2.45) is 0 Å². The molecule has 2 aromatic heterocycles. The summed E-state index contributed by atoms with van der Waals surface area (Å²) in [7, 11) is 0. The Balaban J connectivity index is 1.53. The van der Waals surface area contributed by atoms with E-state index in [0.29, 0.717) is 24.0 Å². The molecule has 35 heavy (non-hydrogen) atoms. The van der Waals surface area contributed by atoms with Gasteiger partial charge in [0.25, 0.3) is 5.91 Å². The zero-order chi connectivity index (χ0) is 24.4. The van der Waals surface area contributed by atoms with Crippen LogP contribution in [0.1, 0.15) is 34.3 Å². The molecule has 1 aliphatic rings. The standard InChI is InChI=1S/C27H27FN6O/c1-17-14-31-27(32-15-17)33-20-8-9-22(23(28)13-20)26(35)34(21-7-4-11-29-16-21)25-24-18(2)5-3-6-19(24)10-12-30-25/h3,5-6,8-10,12-15,21,29H,4,7,11,16H2,1-2H3,(H,31,32,33)/t21-/m1/s1. The maximum Gasteiger partial charge on any atom is 0.262 e. The fraction of sp³-hybridized carbons (Fsp3) is 0.259. The van der Waals surface area contributed by atoms with E-state index >= 15 is 4.39 Å². The SMILES string of the molecule is Cc1cnc(Nc2ccc(C(=O)N(c3nccc4cccc(C)c34)[C@@H]3CCCNC3)c(F)c2)nc1. The average Bonchev–Trinajstić information content (AvgIpc) is 2.86. The van der Waals surface area contributed by atoms with Crippen LogP contribution in [0.5, 0.6) is 0 Å². The summed E-state index contributed by atoms with van der Waals surface area (Å²) in [6, 6.07) is 12.3. The van der Waals surface area contributed by atoms with Crippen LogP contribution in [0.4, 0.5) is 21.8 Å². The summed E-state index contributed by atoms with van der Waals surface area (Å²) >= 11 is 0. The van der Waals surface area contributed by atoms with E-state index in [2.05, 4.69) is 25.6 Å². The highest BCUT2D eigenvalue weighted by Gasteiger charge is 2.31. The van der Waals surface area contributed by atoms with Gasteiger partial charge in [0.05, 0.1) is 11.6 Å². The highest BCUT2D eigenvalue weighted by molar-refractivity contribution is 6.11. The van der Waals surface area contributed by atoms with E-state index < -0.39 is 11.7 Å². The number of carbonyl (C=O) groups excluding carboxylic acids is 1. The largest absolute Gasteiger partial charge is 0.324 e. The lowest BCUT2D eigenvalue weighted by Gasteiger charge is -2.35. The molecule has 1 fully saturated rings. The first-order chi connectivity index (χ1) is 17.0. The Morgan fingerprint density at radius 1 is 1.11 bits per heavy atom. The second-order valence-corrected chi connectivity index (χ2v) is 8.89. The molecular formula is C27H27FN6O. The molecule has 0 spiro atoms. The van der Waals surface area contributed by atoms with E-state index in [9.17, 15) is 4.79 Å². The van der Waals surface area contributed by atoms with Gasteiger partial charge >= 0.3 is 0 Å². The highest BCUT2D eigenvalue weighted by Crippen LogP contribution is 2.32. The molecule has 1 atom stereocenters. The van der Waals surface area contributed by atoms with Crippen molar-refractivity contribution >= 4 is 34.1 Å². The normalized spacial score (nSPS) is 15.7. The molecule has 8 heteroatoms. The van der Waals surface area contributed by atoms with Gasteiger partial charge in [-0.05, 0) is 74.0 Å². The minimum Gasteiger partial charge on any atom is -0.324 e. The van der Waals surface area contributed by atoms with Crippen molar-refractivity contribution in [2.45, 2.75) is 32.7 Å². The average molecular weight is 471 g/mol. The van der Waals surface area contributed by atoms with Gasteiger partial charge in [0.15, 0.2) is 0 Å². The Hall–Kier alpha value is -3.91. The lowest BCUT2D eigenvalue weighted by molar-refractivity contribution is 0.0968. The number of fused-ring (bicyclic) bond motifs is 1. The Morgan fingerprint density at radius 2 is 1.94 bits per heavy atom. The molecule has 1 saturated heterocycles. The number of benzene rings is 2. The Bertz CT molecular complexity index is 1360. The van der Waals surface area contributed by atoms with Gasteiger partial charge < -0.3 is 10.6 Å². The molecule has 0 aliphatic carbocycles. The van der Waals surface area contributed by atoms with Gasteiger partial charge in [-0.15, -0.1) is 0 Å². The summed E-state index contributed by atoms with van der Waals surface area (Å²) in [5.41, 5.74) is 2.41. The number of aryl methyl sites for hydroxylation is 2. The molecule has 0 unspecified atom stereocenters. The summed E-state index contributed by atoms with van der Waals surface area (Å²) in [6.45, 7) is 5.42. The summed E-state index contributed by atoms with van der Waals surface area (Å²) in [5, 5.41) is 8.26. The molecule has 3 heterocycles. The van der Waals surface area contributed by atoms with Gasteiger partial charge in [-0.3, -0.25) is 9.69 Å². The van der Waals surface area contributed by atoms with Crippen molar-refractivity contribution in [3.05, 3.63) is 83.6 Å². The number of nitrogens with one attached hydrogen (secondary N) is 2. The fourth-order valence-electron chi connectivity index (χ4n) is 4.54. The number of halogens is 1. The molecule has 178 valence electrons. The first kappa shape index (κ1) is 22.9. The molecule has 7 nitrogen and oxygen atoms in total. The third kappa shape index (κ3) is 4.70. The van der Waals surface area contributed by atoms with Crippen molar-refractivity contribution in [2.75, 3.05) is 23.3 Å². The van der Waals surface area contributed by atoms with Gasteiger partial charge in [-0.25, -0.2) is 19.3 Å². The van der Waals surface area contributed by atoms with Crippen LogP contribution in [-0.2, 0) is 0 Å². The number of carbonyl (C=O) groups is 1. The van der Waals surface area contributed by atoms with Crippen molar-refractivity contribution in [1.29, 1.82) is 0 Å². The van der Waals surface area contributed by atoms with Crippen LogP contribution >= 0.6 is 0 Å². The number of piperidine rings is 1. The molecule has 2 N–H and O–H groups in total. The van der Waals surface area contributed by atoms with E-state index in [0.717, 1.165) is 41.3 Å². The lowest BCUT2D eigenvalue weighted by Crippen LogP contribution is -2.49. The third-order valence-corrected chi connectivity index (χ3v) is 6.30. The molecule has 5 rings (SSSR count). The van der Waals surface area contributed by atoms with Gasteiger partial charge in [-0.1, -0.05) is 18.2 Å². The molecule has 4 aromatic rings. The molecule has 0 saturated carbocycles. The molecule has 0 radical (unpaired) electrons. The predicted molar refractivity (Wildman–Crippen MR) is 136 cm³/mol. The van der Waals surface area contributed by atoms with E-state index in [1.54, 1.807) is 29.6 Å². The highest BCUT2D eigenvalue weighted by atomic mass is 19.1. The molecule has 1 amide bonds. The first-order valence-corrected chi connectivity index (χ1v) is 11.7. The molecule has 0 bridgehead atoms. The van der Waals surface area contributed by atoms with Gasteiger partial charge in [0, 0.05) is 36.2 Å². The molecular weight excluding hydrogens is 443 g/mol. The maximum absolute atomic E-state index is 15.3. The lowest BCUT2D eigenvalue weighted by atomic mass is 10.0. The molecule has 2 aromatic carbocycles. The number of rotatable bonds is 5. The second-order valence-electron chi connectivity index (χ2n) is 8.89. The summed E-state index contributed by atoms with van der Waals surface area (Å²) in [5.74, 6) is -0.0937. The number of anilines is 3. The number of hydrogen-bond acceptors (Lipinski definition) is 6. The Kier molecular flexibility index (Phi) is 6.37. The number of hydrogen-bond donors (Lipinski definition) is 2. The van der Waals surface area contributed by atoms with Crippen LogP contribution < -0.4 is 15.5 Å². The number of aromatic nitrogens is 3. The zero-order valence-electron chi connectivity index (χ0n) is 19.8. The van der Waals surface area contributed by atoms with Crippen molar-refractivity contribution in [3.8, 4) is 0 Å². The predicted octanol–water partition coefficient (Wildman–Crippen LogP) is 4.92. The Labute approximate surface area is 203 Å². The quantitative estimate of drug-likeness (QED) is 0.431. The van der Waals surface area contributed by atoms with E-state index in [1.807, 2.05) is 38.1 Å². The van der Waals surface area contributed by atoms with Crippen LogP contribution in [0, 0.1) is 19.7 Å². The van der Waals surface area contributed by atoms with E-state index in [4.69, 9.17) is 0 Å². The second kappa shape index (κ2) is 9.76. The maximum atomic E-state index is 15.3. The monoisotopic (exact) mass is 470 g/mol. The summed E-state index contributed by atoms with van der Waals surface area (Å²) in [4.78, 5) is 28.6. The van der Waals surface area contributed by atoms with E-state index in [-0.39, 0.29) is 11.6 Å². The van der Waals surface area contributed by atoms with Gasteiger partial charge in [-0.2, -0.15) is 0 Å². The third-order valence-electron chi connectivity index (χ3n) is 6.30. The van der Waals surface area contributed by atoms with Crippen LogP contribution in [0.3, 0.4) is 0 Å². The minimum atomic E-state index is -0.613. The minimum absolute atomic E-state index is 0.00154. The van der Waals surface area contributed by atoms with Crippen molar-refractivity contribution in [3.63, 3.8) is 0 Å². The van der Waals surface area contributed by atoms with Crippen LogP contribution in [0.15, 0.2) is 61.1 Å². The number of pyridine rings is 1. The van der Waals surface area contributed by atoms with Gasteiger partial charge in [0.1, 0.15) is 11.6 Å². The zero-order valence-corrected chi connectivity index (χ0v) is 19.8. The first-order valence-electron chi connectivity index (χ1n) is 11.7. The number of amides is 1. The number of nitrogens with zero attached hydrogens (tertiary/aromatic N) is 4. The Morgan fingerprint density at radius 3 is 2.69 bits per heavy atom. The van der Waals surface area contributed by atoms with Crippen molar-refractivity contribution in [1.82, 2.24) is 20.3 Å². The smallest absolute Gasteiger partial charge is 0.262 e. The summed E-state index contributed by atoms with van der Waals surface area (Å²) in [6.07, 6.45) is 6.81. The topological polar surface area (TPSA) is 83.0 Å². The molecule has 1 aliphatic heterocycles. The van der Waals surface area contributed by atoms with Gasteiger partial charge in [0.2, 0.25) is 5.95 Å². The fourth-order valence-corrected chi connectivity index (χ4v) is 4.54. The van der Waals surface area contributed by atoms with Crippen molar-refractivity contribution < 1.29 is 9.18 Å². The summed E-state index contributed by atoms with van der Waals surface area (Å²) < 4.78 is 15.3. The van der Waals surface area contributed by atoms with E-state index in [1.165, 1.54) is 12.1 Å².